The zero-order valence-corrected chi connectivity index (χ0v) is 13.2. The summed E-state index contributed by atoms with van der Waals surface area (Å²) in [4.78, 5) is 14.2. The number of hydrogen-bond acceptors (Lipinski definition) is 2. The molecule has 1 aliphatic rings. The molecule has 1 heterocycles. The number of piperidine rings is 1. The van der Waals surface area contributed by atoms with Crippen molar-refractivity contribution >= 4 is 21.8 Å². The zero-order valence-electron chi connectivity index (χ0n) is 11.7. The van der Waals surface area contributed by atoms with E-state index in [1.165, 1.54) is 6.07 Å². The fourth-order valence-electron chi connectivity index (χ4n) is 2.58. The van der Waals surface area contributed by atoms with Gasteiger partial charge < -0.3 is 10.2 Å². The maximum atomic E-state index is 13.8. The van der Waals surface area contributed by atoms with Gasteiger partial charge in [-0.15, -0.1) is 0 Å². The summed E-state index contributed by atoms with van der Waals surface area (Å²) in [7, 11) is 0. The summed E-state index contributed by atoms with van der Waals surface area (Å²) in [6.45, 7) is 5.21. The Morgan fingerprint density at radius 1 is 1.55 bits per heavy atom. The van der Waals surface area contributed by atoms with Gasteiger partial charge in [0.1, 0.15) is 5.82 Å². The molecule has 0 radical (unpaired) electrons. The van der Waals surface area contributed by atoms with E-state index in [1.54, 1.807) is 17.0 Å². The standard InChI is InChI=1S/C15H20BrFN2O/c1-2-19(10-11-4-3-7-18-9-11)15(20)13-8-12(16)5-6-14(13)17/h5-6,8,11,18H,2-4,7,9-10H2,1H3. The van der Waals surface area contributed by atoms with Gasteiger partial charge in [0.15, 0.2) is 0 Å². The van der Waals surface area contributed by atoms with E-state index < -0.39 is 5.82 Å². The average Bonchev–Trinajstić information content (AvgIpc) is 2.47. The van der Waals surface area contributed by atoms with Crippen molar-refractivity contribution in [3.8, 4) is 0 Å². The quantitative estimate of drug-likeness (QED) is 0.911. The lowest BCUT2D eigenvalue weighted by Gasteiger charge is -2.29. The van der Waals surface area contributed by atoms with Crippen LogP contribution in [0.25, 0.3) is 0 Å². The molecular weight excluding hydrogens is 323 g/mol. The minimum Gasteiger partial charge on any atom is -0.339 e. The van der Waals surface area contributed by atoms with Crippen LogP contribution in [-0.4, -0.2) is 37.0 Å². The molecule has 0 aliphatic carbocycles. The smallest absolute Gasteiger partial charge is 0.256 e. The first-order valence-corrected chi connectivity index (χ1v) is 7.86. The van der Waals surface area contributed by atoms with Crippen molar-refractivity contribution in [3.05, 3.63) is 34.1 Å². The maximum absolute atomic E-state index is 13.8. The van der Waals surface area contributed by atoms with E-state index >= 15 is 0 Å². The molecule has 0 aromatic heterocycles. The number of carbonyl (C=O) groups excluding carboxylic acids is 1. The van der Waals surface area contributed by atoms with Crippen LogP contribution in [-0.2, 0) is 0 Å². The molecule has 0 bridgehead atoms. The Hall–Kier alpha value is -0.940. The van der Waals surface area contributed by atoms with Gasteiger partial charge in [0.05, 0.1) is 5.56 Å². The minimum absolute atomic E-state index is 0.144. The topological polar surface area (TPSA) is 32.3 Å². The number of carbonyl (C=O) groups is 1. The van der Waals surface area contributed by atoms with Crippen molar-refractivity contribution in [2.24, 2.45) is 5.92 Å². The molecule has 5 heteroatoms. The van der Waals surface area contributed by atoms with Crippen LogP contribution in [0.5, 0.6) is 0 Å². The van der Waals surface area contributed by atoms with Crippen LogP contribution in [0.2, 0.25) is 0 Å². The molecule has 1 saturated heterocycles. The molecule has 0 spiro atoms. The fourth-order valence-corrected chi connectivity index (χ4v) is 2.94. The van der Waals surface area contributed by atoms with Gasteiger partial charge in [0, 0.05) is 17.6 Å². The molecule has 1 atom stereocenters. The van der Waals surface area contributed by atoms with Gasteiger partial charge in [-0.1, -0.05) is 15.9 Å². The second kappa shape index (κ2) is 7.18. The largest absolute Gasteiger partial charge is 0.339 e. The maximum Gasteiger partial charge on any atom is 0.256 e. The Kier molecular flexibility index (Phi) is 5.54. The first-order valence-electron chi connectivity index (χ1n) is 7.07. The van der Waals surface area contributed by atoms with Gasteiger partial charge in [-0.3, -0.25) is 4.79 Å². The molecule has 0 saturated carbocycles. The van der Waals surface area contributed by atoms with Crippen LogP contribution >= 0.6 is 15.9 Å². The highest BCUT2D eigenvalue weighted by Crippen LogP contribution is 2.19. The van der Waals surface area contributed by atoms with E-state index in [1.807, 2.05) is 6.92 Å². The summed E-state index contributed by atoms with van der Waals surface area (Å²) in [6.07, 6.45) is 2.26. The SMILES string of the molecule is CCN(CC1CCCNC1)C(=O)c1cc(Br)ccc1F. The molecule has 20 heavy (non-hydrogen) atoms. The second-order valence-electron chi connectivity index (χ2n) is 5.18. The van der Waals surface area contributed by atoms with Crippen molar-refractivity contribution in [2.75, 3.05) is 26.2 Å². The molecule has 3 nitrogen and oxygen atoms in total. The second-order valence-corrected chi connectivity index (χ2v) is 6.10. The predicted molar refractivity (Wildman–Crippen MR) is 81.3 cm³/mol. The van der Waals surface area contributed by atoms with Crippen LogP contribution in [0.3, 0.4) is 0 Å². The van der Waals surface area contributed by atoms with Crippen LogP contribution in [0.15, 0.2) is 22.7 Å². The summed E-state index contributed by atoms with van der Waals surface area (Å²) in [5, 5.41) is 3.34. The van der Waals surface area contributed by atoms with Gasteiger partial charge in [0.25, 0.3) is 5.91 Å². The van der Waals surface area contributed by atoms with Crippen LogP contribution in [0.1, 0.15) is 30.1 Å². The number of halogens is 2. The van der Waals surface area contributed by atoms with Crippen LogP contribution < -0.4 is 5.32 Å². The first-order chi connectivity index (χ1) is 9.61. The highest BCUT2D eigenvalue weighted by Gasteiger charge is 2.22. The van der Waals surface area contributed by atoms with Gasteiger partial charge in [0.2, 0.25) is 0 Å². The van der Waals surface area contributed by atoms with E-state index in [9.17, 15) is 9.18 Å². The molecule has 2 rings (SSSR count). The molecule has 1 amide bonds. The van der Waals surface area contributed by atoms with E-state index in [-0.39, 0.29) is 11.5 Å². The van der Waals surface area contributed by atoms with Gasteiger partial charge in [-0.2, -0.15) is 0 Å². The lowest BCUT2D eigenvalue weighted by molar-refractivity contribution is 0.0724. The van der Waals surface area contributed by atoms with Crippen molar-refractivity contribution < 1.29 is 9.18 Å². The summed E-state index contributed by atoms with van der Waals surface area (Å²) in [5.41, 5.74) is 0.144. The van der Waals surface area contributed by atoms with Crippen LogP contribution in [0.4, 0.5) is 4.39 Å². The number of rotatable bonds is 4. The summed E-state index contributed by atoms with van der Waals surface area (Å²) in [5.74, 6) is -0.224. The van der Waals surface area contributed by atoms with E-state index in [0.29, 0.717) is 19.0 Å². The van der Waals surface area contributed by atoms with Crippen molar-refractivity contribution in [2.45, 2.75) is 19.8 Å². The van der Waals surface area contributed by atoms with E-state index in [2.05, 4.69) is 21.2 Å². The molecule has 1 aromatic carbocycles. The summed E-state index contributed by atoms with van der Waals surface area (Å²) in [6, 6.07) is 4.49. The Morgan fingerprint density at radius 3 is 3.00 bits per heavy atom. The number of hydrogen-bond donors (Lipinski definition) is 1. The number of nitrogens with one attached hydrogen (secondary N) is 1. The van der Waals surface area contributed by atoms with Crippen molar-refractivity contribution in [1.82, 2.24) is 10.2 Å². The normalized spacial score (nSPS) is 18.9. The lowest BCUT2D eigenvalue weighted by Crippen LogP contribution is -2.41. The first kappa shape index (κ1) is 15.4. The lowest BCUT2D eigenvalue weighted by atomic mass is 9.98. The Labute approximate surface area is 127 Å². The Morgan fingerprint density at radius 2 is 2.35 bits per heavy atom. The third kappa shape index (κ3) is 3.79. The van der Waals surface area contributed by atoms with Gasteiger partial charge in [-0.05, 0) is 57.0 Å². The Bertz CT molecular complexity index is 475. The zero-order chi connectivity index (χ0) is 14.5. The highest BCUT2D eigenvalue weighted by atomic mass is 79.9. The van der Waals surface area contributed by atoms with Crippen molar-refractivity contribution in [3.63, 3.8) is 0 Å². The predicted octanol–water partition coefficient (Wildman–Crippen LogP) is 3.05. The molecule has 1 N–H and O–H groups in total. The molecule has 110 valence electrons. The molecule has 1 fully saturated rings. The number of amides is 1. The third-order valence-corrected chi connectivity index (χ3v) is 4.20. The highest BCUT2D eigenvalue weighted by molar-refractivity contribution is 9.10. The molecule has 1 aliphatic heterocycles. The minimum atomic E-state index is -0.460. The third-order valence-electron chi connectivity index (χ3n) is 3.71. The molecule has 1 aromatic rings. The van der Waals surface area contributed by atoms with Gasteiger partial charge in [-0.25, -0.2) is 4.39 Å². The molecular formula is C15H20BrFN2O. The van der Waals surface area contributed by atoms with E-state index in [0.717, 1.165) is 30.4 Å². The Balaban J connectivity index is 2.09. The summed E-state index contributed by atoms with van der Waals surface area (Å²) < 4.78 is 14.5. The number of benzene rings is 1. The molecule has 1 unspecified atom stereocenters. The number of nitrogens with zero attached hydrogens (tertiary/aromatic N) is 1. The van der Waals surface area contributed by atoms with E-state index in [4.69, 9.17) is 0 Å². The summed E-state index contributed by atoms with van der Waals surface area (Å²) >= 11 is 3.29. The fraction of sp³-hybridized carbons (Fsp3) is 0.533. The monoisotopic (exact) mass is 342 g/mol. The van der Waals surface area contributed by atoms with Crippen molar-refractivity contribution in [1.29, 1.82) is 0 Å². The van der Waals surface area contributed by atoms with Crippen LogP contribution in [0, 0.1) is 11.7 Å². The van der Waals surface area contributed by atoms with Gasteiger partial charge >= 0.3 is 0 Å². The average molecular weight is 343 g/mol.